The summed E-state index contributed by atoms with van der Waals surface area (Å²) in [6, 6.07) is 12.1. The molecule has 5 amide bonds. The number of likely N-dealkylation sites (tertiary alicyclic amines) is 1. The van der Waals surface area contributed by atoms with Crippen molar-refractivity contribution in [2.45, 2.75) is 63.3 Å². The minimum Gasteiger partial charge on any atom is -0.379 e. The minimum atomic E-state index is -3.17. The summed E-state index contributed by atoms with van der Waals surface area (Å²) < 4.78 is 40.3. The molecule has 4 heterocycles. The van der Waals surface area contributed by atoms with Gasteiger partial charge in [0.25, 0.3) is 11.8 Å². The number of hydrogen-bond donors (Lipinski definition) is 4. The molecule has 2 saturated heterocycles. The number of halogens is 2. The van der Waals surface area contributed by atoms with Crippen molar-refractivity contribution in [2.24, 2.45) is 5.92 Å². The summed E-state index contributed by atoms with van der Waals surface area (Å²) in [5.74, 6) is -5.94. The molecular weight excluding hydrogens is 770 g/mol. The fraction of sp³-hybridized carbons (Fsp3) is 0.500. The maximum atomic E-state index is 13.9. The Labute approximate surface area is 339 Å². The zero-order valence-electron chi connectivity index (χ0n) is 32.8. The van der Waals surface area contributed by atoms with E-state index in [-0.39, 0.29) is 56.7 Å². The van der Waals surface area contributed by atoms with E-state index in [2.05, 4.69) is 31.6 Å². The predicted octanol–water partition coefficient (Wildman–Crippen LogP) is 0.979. The van der Waals surface area contributed by atoms with Gasteiger partial charge in [0.2, 0.25) is 23.6 Å². The Morgan fingerprint density at radius 2 is 1.76 bits per heavy atom. The van der Waals surface area contributed by atoms with Gasteiger partial charge in [0, 0.05) is 69.0 Å². The molecule has 0 radical (unpaired) electrons. The Morgan fingerprint density at radius 3 is 2.53 bits per heavy atom. The number of nitriles is 1. The molecule has 1 aromatic heterocycles. The Morgan fingerprint density at radius 1 is 1.00 bits per heavy atom. The predicted molar refractivity (Wildman–Crippen MR) is 206 cm³/mol. The van der Waals surface area contributed by atoms with Gasteiger partial charge in [-0.1, -0.05) is 35.5 Å². The van der Waals surface area contributed by atoms with Crippen molar-refractivity contribution in [1.82, 2.24) is 46.1 Å². The van der Waals surface area contributed by atoms with E-state index in [0.717, 1.165) is 33.7 Å². The number of likely N-dealkylation sites (N-methyl/N-ethyl adjacent to an activating group) is 1. The molecule has 6 rings (SSSR count). The van der Waals surface area contributed by atoms with E-state index in [4.69, 9.17) is 9.47 Å². The van der Waals surface area contributed by atoms with Crippen LogP contribution < -0.4 is 21.3 Å². The summed E-state index contributed by atoms with van der Waals surface area (Å²) in [4.78, 5) is 66.4. The van der Waals surface area contributed by atoms with Crippen molar-refractivity contribution in [3.8, 4) is 17.3 Å². The number of amides is 5. The lowest BCUT2D eigenvalue weighted by molar-refractivity contribution is -0.135. The zero-order valence-corrected chi connectivity index (χ0v) is 32.8. The average molecular weight is 819 g/mol. The van der Waals surface area contributed by atoms with Crippen LogP contribution in [0.1, 0.15) is 52.7 Å². The number of nitrogens with zero attached hydrogens (tertiary/aromatic N) is 6. The third-order valence-electron chi connectivity index (χ3n) is 10.4. The summed E-state index contributed by atoms with van der Waals surface area (Å²) in [6.07, 6.45) is 1.09. The molecule has 3 aromatic rings. The molecule has 0 saturated carbocycles. The molecule has 2 fully saturated rings. The van der Waals surface area contributed by atoms with Crippen LogP contribution >= 0.6 is 0 Å². The number of rotatable bonds is 19. The van der Waals surface area contributed by atoms with E-state index in [1.165, 1.54) is 0 Å². The van der Waals surface area contributed by atoms with Gasteiger partial charge in [-0.2, -0.15) is 5.26 Å². The quantitative estimate of drug-likeness (QED) is 0.125. The summed E-state index contributed by atoms with van der Waals surface area (Å²) >= 11 is 0. The number of carbonyl (C=O) groups is 5. The van der Waals surface area contributed by atoms with Gasteiger partial charge in [0.05, 0.1) is 51.8 Å². The Kier molecular flexibility index (Phi) is 14.3. The lowest BCUT2D eigenvalue weighted by Gasteiger charge is -2.22. The van der Waals surface area contributed by atoms with Crippen molar-refractivity contribution in [3.05, 3.63) is 70.9 Å². The highest BCUT2D eigenvalue weighted by atomic mass is 19.3. The summed E-state index contributed by atoms with van der Waals surface area (Å²) in [5, 5.41) is 29.0. The first kappa shape index (κ1) is 42.8. The highest BCUT2D eigenvalue weighted by molar-refractivity contribution is 5.95. The third-order valence-corrected chi connectivity index (χ3v) is 10.4. The van der Waals surface area contributed by atoms with Crippen molar-refractivity contribution < 1.29 is 42.2 Å². The molecule has 314 valence electrons. The summed E-state index contributed by atoms with van der Waals surface area (Å²) in [5.41, 5.74) is 4.65. The van der Waals surface area contributed by atoms with Crippen LogP contribution in [0.4, 0.5) is 8.78 Å². The van der Waals surface area contributed by atoms with Gasteiger partial charge in [-0.25, -0.2) is 13.5 Å². The maximum absolute atomic E-state index is 13.9. The molecule has 59 heavy (non-hydrogen) atoms. The number of hydrogen-bond acceptors (Lipinski definition) is 11. The van der Waals surface area contributed by atoms with Gasteiger partial charge in [-0.05, 0) is 42.3 Å². The molecule has 2 aromatic carbocycles. The van der Waals surface area contributed by atoms with Gasteiger partial charge in [-0.3, -0.25) is 24.0 Å². The van der Waals surface area contributed by atoms with Gasteiger partial charge in [0.15, 0.2) is 0 Å². The molecule has 0 unspecified atom stereocenters. The molecule has 0 bridgehead atoms. The van der Waals surface area contributed by atoms with Crippen molar-refractivity contribution in [1.29, 1.82) is 5.26 Å². The fourth-order valence-electron chi connectivity index (χ4n) is 7.30. The Balaban J connectivity index is 0.933. The summed E-state index contributed by atoms with van der Waals surface area (Å²) in [6.45, 7) is 3.21. The Bertz CT molecular complexity index is 2040. The second-order valence-electron chi connectivity index (χ2n) is 14.7. The van der Waals surface area contributed by atoms with Gasteiger partial charge < -0.3 is 40.5 Å². The van der Waals surface area contributed by atoms with Crippen LogP contribution in [0.15, 0.2) is 48.7 Å². The number of carbonyl (C=O) groups excluding carboxylic acids is 5. The third kappa shape index (κ3) is 11.2. The average Bonchev–Trinajstić information content (AvgIpc) is 4.03. The van der Waals surface area contributed by atoms with Crippen LogP contribution in [0, 0.1) is 17.2 Å². The van der Waals surface area contributed by atoms with Crippen LogP contribution in [0.3, 0.4) is 0 Å². The van der Waals surface area contributed by atoms with E-state index in [1.54, 1.807) is 46.1 Å². The normalized spacial score (nSPS) is 19.3. The maximum Gasteiger partial charge on any atom is 0.268 e. The van der Waals surface area contributed by atoms with Crippen molar-refractivity contribution in [2.75, 3.05) is 59.7 Å². The summed E-state index contributed by atoms with van der Waals surface area (Å²) in [7, 11) is 1.85. The smallest absolute Gasteiger partial charge is 0.268 e. The lowest BCUT2D eigenvalue weighted by atomic mass is 9.99. The van der Waals surface area contributed by atoms with E-state index >= 15 is 0 Å². The standard InChI is InChI=1S/C40H48F2N10O7/c1-44-12-14-59-16-15-58-13-9-35(53)45-10-11-46-37(55)27-7-5-26(6-8-27)34-24-51(49-48-34)22-29-4-2-3-28-21-50(23-32(28)29)36(54)18-30-17-33(47-38(30)56)39(57)52-25-40(41,42)19-31(52)20-43/h2-8,24,30-31,33,44H,9-19,21-23,25H2,1H3,(H,45,53)(H,46,55)(H,47,56)/t30-,31-,33-/m0/s1. The number of benzene rings is 2. The van der Waals surface area contributed by atoms with Crippen LogP contribution in [-0.2, 0) is 48.3 Å². The van der Waals surface area contributed by atoms with Gasteiger partial charge >= 0.3 is 0 Å². The van der Waals surface area contributed by atoms with E-state index in [1.807, 2.05) is 25.2 Å². The highest BCUT2D eigenvalue weighted by Crippen LogP contribution is 2.34. The second-order valence-corrected chi connectivity index (χ2v) is 14.7. The second kappa shape index (κ2) is 19.7. The first-order valence-corrected chi connectivity index (χ1v) is 19.6. The molecule has 0 spiro atoms. The number of fused-ring (bicyclic) bond motifs is 1. The molecular formula is C40H48F2N10O7. The van der Waals surface area contributed by atoms with Crippen LogP contribution in [0.5, 0.6) is 0 Å². The molecule has 3 aliphatic rings. The molecule has 3 aliphatic heterocycles. The number of nitrogens with one attached hydrogen (secondary N) is 4. The van der Waals surface area contributed by atoms with Crippen molar-refractivity contribution >= 4 is 29.5 Å². The Hall–Kier alpha value is -5.84. The minimum absolute atomic E-state index is 0.0201. The zero-order chi connectivity index (χ0) is 41.9. The highest BCUT2D eigenvalue weighted by Gasteiger charge is 2.50. The molecule has 19 heteroatoms. The number of aromatic nitrogens is 3. The van der Waals surface area contributed by atoms with E-state index in [0.29, 0.717) is 50.7 Å². The van der Waals surface area contributed by atoms with E-state index < -0.39 is 48.7 Å². The largest absolute Gasteiger partial charge is 0.379 e. The van der Waals surface area contributed by atoms with Crippen LogP contribution in [0.25, 0.3) is 11.3 Å². The SMILES string of the molecule is CNCCOCCOCCC(=O)NCCNC(=O)c1ccc(-c2cn(Cc3cccc4c3CN(C(=O)C[C@@H]3C[C@@H](C(=O)N5CC(F)(F)C[C@H]5C#N)NC3=O)C4)nn2)cc1. The lowest BCUT2D eigenvalue weighted by Crippen LogP contribution is -2.46. The number of ether oxygens (including phenoxy) is 2. The van der Waals surface area contributed by atoms with E-state index in [9.17, 15) is 38.0 Å². The topological polar surface area (TPSA) is 213 Å². The fourth-order valence-corrected chi connectivity index (χ4v) is 7.30. The molecule has 17 nitrogen and oxygen atoms in total. The van der Waals surface area contributed by atoms with Gasteiger partial charge in [0.1, 0.15) is 17.8 Å². The first-order valence-electron chi connectivity index (χ1n) is 19.6. The number of alkyl halides is 2. The van der Waals surface area contributed by atoms with Crippen LogP contribution in [0.2, 0.25) is 0 Å². The van der Waals surface area contributed by atoms with Crippen LogP contribution in [-0.4, -0.2) is 132 Å². The first-order chi connectivity index (χ1) is 28.4. The molecule has 0 aliphatic carbocycles. The van der Waals surface area contributed by atoms with Crippen molar-refractivity contribution in [3.63, 3.8) is 0 Å². The monoisotopic (exact) mass is 818 g/mol. The molecule has 3 atom stereocenters. The van der Waals surface area contributed by atoms with Gasteiger partial charge in [-0.15, -0.1) is 5.10 Å². The molecule has 4 N–H and O–H groups in total.